The van der Waals surface area contributed by atoms with Gasteiger partial charge in [0.05, 0.1) is 0 Å². The molecule has 0 aromatic heterocycles. The van der Waals surface area contributed by atoms with E-state index in [-0.39, 0.29) is 11.0 Å². The van der Waals surface area contributed by atoms with Crippen LogP contribution >= 0.6 is 0 Å². The maximum atomic E-state index is 11.1. The molecule has 110 valence electrons. The number of nitrogens with zero attached hydrogens (tertiary/aromatic N) is 1. The van der Waals surface area contributed by atoms with E-state index < -0.39 is 6.04 Å². The average Bonchev–Trinajstić information content (AvgIpc) is 2.53. The zero-order valence-electron chi connectivity index (χ0n) is 12.1. The minimum absolute atomic E-state index is 0.229. The van der Waals surface area contributed by atoms with Crippen molar-refractivity contribution < 1.29 is 4.92 Å². The van der Waals surface area contributed by atoms with Gasteiger partial charge in [0.1, 0.15) is 6.04 Å². The largest absolute Gasteiger partial charge is 0.304 e. The molecule has 2 unspecified atom stereocenters. The van der Waals surface area contributed by atoms with Crippen LogP contribution in [0.5, 0.6) is 0 Å². The fourth-order valence-corrected chi connectivity index (χ4v) is 2.37. The summed E-state index contributed by atoms with van der Waals surface area (Å²) in [5.74, 6) is 0. The lowest BCUT2D eigenvalue weighted by molar-refractivity contribution is -0.523. The molecule has 2 aromatic carbocycles. The van der Waals surface area contributed by atoms with Crippen molar-refractivity contribution in [3.05, 3.63) is 81.9 Å². The van der Waals surface area contributed by atoms with Crippen LogP contribution in [0.2, 0.25) is 0 Å². The van der Waals surface area contributed by atoms with Crippen LogP contribution in [0.1, 0.15) is 24.1 Å². The molecule has 2 atom stereocenters. The summed E-state index contributed by atoms with van der Waals surface area (Å²) >= 11 is 0. The number of rotatable bonds is 7. The Hall–Kier alpha value is -2.20. The molecule has 0 saturated heterocycles. The molecule has 0 aliphatic rings. The van der Waals surface area contributed by atoms with Gasteiger partial charge < -0.3 is 5.32 Å². The van der Waals surface area contributed by atoms with Crippen molar-refractivity contribution in [3.63, 3.8) is 0 Å². The summed E-state index contributed by atoms with van der Waals surface area (Å²) < 4.78 is 0. The Morgan fingerprint density at radius 3 is 2.19 bits per heavy atom. The van der Waals surface area contributed by atoms with Crippen LogP contribution in [0, 0.1) is 10.1 Å². The van der Waals surface area contributed by atoms with Crippen molar-refractivity contribution in [2.45, 2.75) is 25.4 Å². The van der Waals surface area contributed by atoms with Gasteiger partial charge in [-0.05, 0) is 24.1 Å². The summed E-state index contributed by atoms with van der Waals surface area (Å²) in [6, 6.07) is 18.8. The van der Waals surface area contributed by atoms with Crippen molar-refractivity contribution in [3.8, 4) is 0 Å². The van der Waals surface area contributed by atoms with E-state index in [2.05, 4.69) is 17.4 Å². The molecule has 0 bridgehead atoms. The van der Waals surface area contributed by atoms with E-state index in [4.69, 9.17) is 0 Å². The summed E-state index contributed by atoms with van der Waals surface area (Å²) in [7, 11) is 0. The zero-order chi connectivity index (χ0) is 15.1. The number of benzene rings is 2. The highest BCUT2D eigenvalue weighted by Gasteiger charge is 2.27. The highest BCUT2D eigenvalue weighted by Crippen LogP contribution is 2.18. The lowest BCUT2D eigenvalue weighted by Gasteiger charge is -2.20. The Morgan fingerprint density at radius 2 is 1.62 bits per heavy atom. The minimum Gasteiger partial charge on any atom is -0.304 e. The van der Waals surface area contributed by atoms with E-state index in [1.165, 1.54) is 5.56 Å². The summed E-state index contributed by atoms with van der Waals surface area (Å²) in [6.45, 7) is 2.36. The third-order valence-electron chi connectivity index (χ3n) is 3.59. The highest BCUT2D eigenvalue weighted by molar-refractivity contribution is 5.20. The van der Waals surface area contributed by atoms with E-state index >= 15 is 0 Å². The van der Waals surface area contributed by atoms with Gasteiger partial charge in [-0.2, -0.15) is 0 Å². The Labute approximate surface area is 125 Å². The molecule has 2 aromatic rings. The number of nitro groups is 1. The van der Waals surface area contributed by atoms with Crippen LogP contribution in [0.3, 0.4) is 0 Å². The molecular weight excluding hydrogens is 264 g/mol. The lowest BCUT2D eigenvalue weighted by Crippen LogP contribution is -2.36. The molecule has 0 aliphatic carbocycles. The smallest absolute Gasteiger partial charge is 0.229 e. The molecule has 0 fully saturated rings. The van der Waals surface area contributed by atoms with Crippen molar-refractivity contribution in [2.75, 3.05) is 6.54 Å². The Balaban J connectivity index is 2.01. The SMILES string of the molecule is CC(C(NCCc1ccccc1)c1ccccc1)[N+](=O)[O-]. The molecule has 0 amide bonds. The Kier molecular flexibility index (Phi) is 5.46. The van der Waals surface area contributed by atoms with E-state index in [9.17, 15) is 10.1 Å². The van der Waals surface area contributed by atoms with Gasteiger partial charge in [-0.15, -0.1) is 0 Å². The van der Waals surface area contributed by atoms with Crippen molar-refractivity contribution >= 4 is 0 Å². The van der Waals surface area contributed by atoms with Gasteiger partial charge in [0, 0.05) is 11.8 Å². The topological polar surface area (TPSA) is 55.2 Å². The van der Waals surface area contributed by atoms with Crippen LogP contribution in [-0.4, -0.2) is 17.5 Å². The van der Waals surface area contributed by atoms with Gasteiger partial charge in [0.25, 0.3) is 0 Å². The Bertz CT molecular complexity index is 558. The van der Waals surface area contributed by atoms with Gasteiger partial charge >= 0.3 is 0 Å². The number of hydrogen-bond acceptors (Lipinski definition) is 3. The van der Waals surface area contributed by atoms with Gasteiger partial charge in [0.15, 0.2) is 0 Å². The standard InChI is InChI=1S/C17H20N2O2/c1-14(19(20)21)17(16-10-6-3-7-11-16)18-13-12-15-8-4-2-5-9-15/h2-11,14,17-18H,12-13H2,1H3. The maximum absolute atomic E-state index is 11.1. The van der Waals surface area contributed by atoms with Gasteiger partial charge in [0.2, 0.25) is 6.04 Å². The minimum atomic E-state index is -0.664. The van der Waals surface area contributed by atoms with E-state index in [1.54, 1.807) is 6.92 Å². The third-order valence-corrected chi connectivity index (χ3v) is 3.59. The maximum Gasteiger partial charge on any atom is 0.229 e. The predicted molar refractivity (Wildman–Crippen MR) is 83.8 cm³/mol. The van der Waals surface area contributed by atoms with E-state index in [1.807, 2.05) is 48.5 Å². The van der Waals surface area contributed by atoms with Crippen molar-refractivity contribution in [2.24, 2.45) is 0 Å². The predicted octanol–water partition coefficient (Wildman–Crippen LogP) is 3.23. The van der Waals surface area contributed by atoms with Crippen LogP contribution in [0.4, 0.5) is 0 Å². The molecule has 0 saturated carbocycles. The van der Waals surface area contributed by atoms with Crippen LogP contribution in [-0.2, 0) is 6.42 Å². The Morgan fingerprint density at radius 1 is 1.05 bits per heavy atom. The summed E-state index contributed by atoms with van der Waals surface area (Å²) in [5, 5.41) is 14.4. The summed E-state index contributed by atoms with van der Waals surface area (Å²) in [5.41, 5.74) is 2.18. The van der Waals surface area contributed by atoms with Crippen molar-refractivity contribution in [1.29, 1.82) is 0 Å². The summed E-state index contributed by atoms with van der Waals surface area (Å²) in [4.78, 5) is 10.9. The second kappa shape index (κ2) is 7.55. The highest BCUT2D eigenvalue weighted by atomic mass is 16.6. The van der Waals surface area contributed by atoms with E-state index in [0.29, 0.717) is 6.54 Å². The number of nitrogens with one attached hydrogen (secondary N) is 1. The second-order valence-corrected chi connectivity index (χ2v) is 5.10. The number of hydrogen-bond donors (Lipinski definition) is 1. The first-order valence-corrected chi connectivity index (χ1v) is 7.14. The first kappa shape index (κ1) is 15.2. The molecule has 0 spiro atoms. The molecule has 4 nitrogen and oxygen atoms in total. The lowest BCUT2D eigenvalue weighted by atomic mass is 10.0. The van der Waals surface area contributed by atoms with Crippen LogP contribution in [0.25, 0.3) is 0 Å². The quantitative estimate of drug-likeness (QED) is 0.627. The average molecular weight is 284 g/mol. The molecule has 0 radical (unpaired) electrons. The van der Waals surface area contributed by atoms with Crippen LogP contribution < -0.4 is 5.32 Å². The molecule has 4 heteroatoms. The summed E-state index contributed by atoms with van der Waals surface area (Å²) in [6.07, 6.45) is 0.856. The molecule has 2 rings (SSSR count). The van der Waals surface area contributed by atoms with Crippen LogP contribution in [0.15, 0.2) is 60.7 Å². The molecule has 0 aliphatic heterocycles. The third kappa shape index (κ3) is 4.39. The first-order valence-electron chi connectivity index (χ1n) is 7.14. The second-order valence-electron chi connectivity index (χ2n) is 5.10. The fourth-order valence-electron chi connectivity index (χ4n) is 2.37. The van der Waals surface area contributed by atoms with Gasteiger partial charge in [-0.3, -0.25) is 10.1 Å². The monoisotopic (exact) mass is 284 g/mol. The molecule has 1 N–H and O–H groups in total. The first-order chi connectivity index (χ1) is 10.2. The molecule has 21 heavy (non-hydrogen) atoms. The fraction of sp³-hybridized carbons (Fsp3) is 0.294. The van der Waals surface area contributed by atoms with Crippen molar-refractivity contribution in [1.82, 2.24) is 5.32 Å². The van der Waals surface area contributed by atoms with Gasteiger partial charge in [-0.1, -0.05) is 60.7 Å². The zero-order valence-corrected chi connectivity index (χ0v) is 12.1. The normalized spacial score (nSPS) is 13.6. The van der Waals surface area contributed by atoms with Gasteiger partial charge in [-0.25, -0.2) is 0 Å². The molecular formula is C17H20N2O2. The molecule has 0 heterocycles. The van der Waals surface area contributed by atoms with E-state index in [0.717, 1.165) is 12.0 Å².